The van der Waals surface area contributed by atoms with Gasteiger partial charge in [0.25, 0.3) is 0 Å². The molecule has 7 nitrogen and oxygen atoms in total. The number of esters is 1. The summed E-state index contributed by atoms with van der Waals surface area (Å²) in [6.45, 7) is 7.23. The predicted octanol–water partition coefficient (Wildman–Crippen LogP) is -0.801. The van der Waals surface area contributed by atoms with Crippen molar-refractivity contribution in [2.45, 2.75) is 43.4 Å². The van der Waals surface area contributed by atoms with Crippen molar-refractivity contribution in [2.24, 2.45) is 17.3 Å². The van der Waals surface area contributed by atoms with E-state index in [-0.39, 0.29) is 6.61 Å². The average Bonchev–Trinajstić information content (AvgIpc) is 3.36. The second-order valence-electron chi connectivity index (χ2n) is 7.29. The molecule has 0 aromatic carbocycles. The summed E-state index contributed by atoms with van der Waals surface area (Å²) in [7, 11) is 1.21. The molecule has 126 valence electrons. The molecule has 23 heavy (non-hydrogen) atoms. The number of rotatable bonds is 2. The summed E-state index contributed by atoms with van der Waals surface area (Å²) in [4.78, 5) is 25.5. The van der Waals surface area contributed by atoms with Gasteiger partial charge in [-0.3, -0.25) is 9.59 Å². The zero-order valence-electron chi connectivity index (χ0n) is 13.2. The third-order valence-electron chi connectivity index (χ3n) is 6.45. The zero-order chi connectivity index (χ0) is 16.9. The van der Waals surface area contributed by atoms with Crippen LogP contribution in [0.5, 0.6) is 0 Å². The fraction of sp³-hybridized carbons (Fsp3) is 0.750. The molecule has 4 rings (SSSR count). The highest BCUT2D eigenvalue weighted by Gasteiger charge is 2.93. The Bertz CT molecular complexity index is 638. The van der Waals surface area contributed by atoms with Crippen LogP contribution in [0.2, 0.25) is 0 Å². The second-order valence-corrected chi connectivity index (χ2v) is 7.29. The van der Waals surface area contributed by atoms with Gasteiger partial charge in [-0.2, -0.15) is 0 Å². The van der Waals surface area contributed by atoms with Gasteiger partial charge in [0.05, 0.1) is 25.0 Å². The Kier molecular flexibility index (Phi) is 2.67. The number of epoxide rings is 2. The Morgan fingerprint density at radius 1 is 1.43 bits per heavy atom. The summed E-state index contributed by atoms with van der Waals surface area (Å²) in [5.41, 5.74) is -3.73. The Balaban J connectivity index is 1.94. The molecule has 0 bridgehead atoms. The first-order valence-corrected chi connectivity index (χ1v) is 7.66. The molecule has 7 heteroatoms. The van der Waals surface area contributed by atoms with Gasteiger partial charge in [-0.25, -0.2) is 0 Å². The molecule has 4 aliphatic rings. The molecule has 2 aliphatic heterocycles. The number of fused-ring (bicyclic) bond motifs is 5. The molecule has 8 atom stereocenters. The number of methoxy groups -OCH3 is 1. The van der Waals surface area contributed by atoms with E-state index >= 15 is 0 Å². The van der Waals surface area contributed by atoms with Crippen molar-refractivity contribution in [1.82, 2.24) is 0 Å². The Morgan fingerprint density at radius 2 is 2.04 bits per heavy atom. The van der Waals surface area contributed by atoms with Crippen LogP contribution in [0.25, 0.3) is 0 Å². The smallest absolute Gasteiger partial charge is 0.312 e. The van der Waals surface area contributed by atoms with Crippen LogP contribution in [0.4, 0.5) is 0 Å². The Hall–Kier alpha value is -1.28. The summed E-state index contributed by atoms with van der Waals surface area (Å²) in [6.07, 6.45) is -2.57. The highest BCUT2D eigenvalue weighted by molar-refractivity contribution is 5.97. The Morgan fingerprint density at radius 3 is 2.52 bits per heavy atom. The molecule has 0 radical (unpaired) electrons. The molecule has 2 N–H and O–H groups in total. The summed E-state index contributed by atoms with van der Waals surface area (Å²) in [6, 6.07) is 0. The molecular formula is C16H20O7. The molecule has 2 saturated carbocycles. The molecule has 4 fully saturated rings. The normalized spacial score (nSPS) is 56.0. The standard InChI is InChI=1S/C16H20O7/c1-6(2)7-8(13(19)21-4)16(20)12-11(23-12)15(5-22-15)14(16,3)10(18)9(7)17/h7-9,11-12,17,20H,1,5H2,2-4H3/t7-,8+,9+,11+,12-,14-,15+,16-/m0/s1. The number of carbonyl (C=O) groups excluding carboxylic acids is 2. The summed E-state index contributed by atoms with van der Waals surface area (Å²) >= 11 is 0. The van der Waals surface area contributed by atoms with Gasteiger partial charge in [-0.15, -0.1) is 0 Å². The van der Waals surface area contributed by atoms with Crippen LogP contribution >= 0.6 is 0 Å². The first-order valence-electron chi connectivity index (χ1n) is 7.66. The number of ketones is 1. The SMILES string of the molecule is C=C(C)[C@@H]1[C@@H](O)C(=O)[C@]2(C)[C@@](O)([C@H]3O[C@H]3[C@]23CO3)[C@H]1C(=O)OC. The fourth-order valence-corrected chi connectivity index (χ4v) is 5.06. The topological polar surface area (TPSA) is 109 Å². The van der Waals surface area contributed by atoms with Crippen molar-refractivity contribution >= 4 is 11.8 Å². The van der Waals surface area contributed by atoms with Crippen LogP contribution in [0, 0.1) is 17.3 Å². The van der Waals surface area contributed by atoms with E-state index in [1.165, 1.54) is 7.11 Å². The molecule has 2 saturated heterocycles. The molecule has 2 aliphatic carbocycles. The highest BCUT2D eigenvalue weighted by atomic mass is 16.7. The second kappa shape index (κ2) is 4.03. The van der Waals surface area contributed by atoms with Crippen LogP contribution in [0.15, 0.2) is 12.2 Å². The van der Waals surface area contributed by atoms with Crippen LogP contribution in [0.3, 0.4) is 0 Å². The fourth-order valence-electron chi connectivity index (χ4n) is 5.06. The number of hydrogen-bond donors (Lipinski definition) is 2. The van der Waals surface area contributed by atoms with E-state index in [1.54, 1.807) is 13.8 Å². The molecule has 0 aromatic rings. The lowest BCUT2D eigenvalue weighted by Crippen LogP contribution is -2.72. The van der Waals surface area contributed by atoms with Gasteiger partial charge in [0.2, 0.25) is 0 Å². The minimum atomic E-state index is -1.79. The van der Waals surface area contributed by atoms with Crippen molar-refractivity contribution in [1.29, 1.82) is 0 Å². The molecular weight excluding hydrogens is 304 g/mol. The van der Waals surface area contributed by atoms with Crippen molar-refractivity contribution in [3.63, 3.8) is 0 Å². The number of aliphatic hydroxyl groups excluding tert-OH is 1. The minimum absolute atomic E-state index is 0.261. The van der Waals surface area contributed by atoms with E-state index in [2.05, 4.69) is 6.58 Å². The van der Waals surface area contributed by atoms with Crippen molar-refractivity contribution in [3.8, 4) is 0 Å². The molecule has 0 unspecified atom stereocenters. The molecule has 0 aromatic heterocycles. The van der Waals surface area contributed by atoms with Crippen molar-refractivity contribution in [2.75, 3.05) is 13.7 Å². The van der Waals surface area contributed by atoms with E-state index in [4.69, 9.17) is 14.2 Å². The number of hydrogen-bond acceptors (Lipinski definition) is 7. The van der Waals surface area contributed by atoms with E-state index in [1.807, 2.05) is 0 Å². The summed E-state index contributed by atoms with van der Waals surface area (Å²) in [5, 5.41) is 22.1. The Labute approximate surface area is 133 Å². The van der Waals surface area contributed by atoms with E-state index in [0.717, 1.165) is 0 Å². The molecule has 2 heterocycles. The van der Waals surface area contributed by atoms with E-state index in [0.29, 0.717) is 5.57 Å². The van der Waals surface area contributed by atoms with E-state index in [9.17, 15) is 19.8 Å². The van der Waals surface area contributed by atoms with Crippen LogP contribution < -0.4 is 0 Å². The van der Waals surface area contributed by atoms with Crippen molar-refractivity contribution < 1.29 is 34.0 Å². The first kappa shape index (κ1) is 15.3. The zero-order valence-corrected chi connectivity index (χ0v) is 13.2. The average molecular weight is 324 g/mol. The maximum atomic E-state index is 13.0. The number of Topliss-reactive ketones (excluding diaryl/α,β-unsaturated/α-hetero) is 1. The minimum Gasteiger partial charge on any atom is -0.469 e. The maximum absolute atomic E-state index is 13.0. The lowest BCUT2D eigenvalue weighted by atomic mass is 9.52. The largest absolute Gasteiger partial charge is 0.469 e. The maximum Gasteiger partial charge on any atom is 0.312 e. The van der Waals surface area contributed by atoms with Gasteiger partial charge in [0.15, 0.2) is 5.78 Å². The van der Waals surface area contributed by atoms with Gasteiger partial charge < -0.3 is 24.4 Å². The van der Waals surface area contributed by atoms with Gasteiger partial charge >= 0.3 is 5.97 Å². The summed E-state index contributed by atoms with van der Waals surface area (Å²) < 4.78 is 16.0. The van der Waals surface area contributed by atoms with E-state index < -0.39 is 58.5 Å². The van der Waals surface area contributed by atoms with Crippen molar-refractivity contribution in [3.05, 3.63) is 12.2 Å². The van der Waals surface area contributed by atoms with Crippen LogP contribution in [-0.4, -0.2) is 65.2 Å². The van der Waals surface area contributed by atoms with Gasteiger partial charge in [0.1, 0.15) is 29.5 Å². The molecule has 0 amide bonds. The number of aliphatic hydroxyl groups is 2. The van der Waals surface area contributed by atoms with Crippen LogP contribution in [-0.2, 0) is 23.8 Å². The lowest BCUT2D eigenvalue weighted by Gasteiger charge is -2.53. The van der Waals surface area contributed by atoms with Gasteiger partial charge in [-0.05, 0) is 13.8 Å². The first-order chi connectivity index (χ1) is 10.7. The predicted molar refractivity (Wildman–Crippen MR) is 75.2 cm³/mol. The third kappa shape index (κ3) is 1.34. The third-order valence-corrected chi connectivity index (χ3v) is 6.45. The van der Waals surface area contributed by atoms with Gasteiger partial charge in [0, 0.05) is 5.92 Å². The number of carbonyl (C=O) groups is 2. The monoisotopic (exact) mass is 324 g/mol. The lowest BCUT2D eigenvalue weighted by molar-refractivity contribution is -0.217. The number of ether oxygens (including phenoxy) is 3. The summed E-state index contributed by atoms with van der Waals surface area (Å²) in [5.74, 6) is -3.28. The quantitative estimate of drug-likeness (QED) is 0.389. The van der Waals surface area contributed by atoms with Crippen LogP contribution in [0.1, 0.15) is 13.8 Å². The van der Waals surface area contributed by atoms with Gasteiger partial charge in [-0.1, -0.05) is 12.2 Å². The highest BCUT2D eigenvalue weighted by Crippen LogP contribution is 2.73. The molecule has 1 spiro atoms.